The number of ketones is 2. The number of ether oxygens (including phenoxy) is 2. The zero-order valence-electron chi connectivity index (χ0n) is 12.2. The summed E-state index contributed by atoms with van der Waals surface area (Å²) in [6.45, 7) is 6.64. The minimum Gasteiger partial charge on any atom is -0.490 e. The van der Waals surface area contributed by atoms with E-state index in [0.717, 1.165) is 6.42 Å². The van der Waals surface area contributed by atoms with Gasteiger partial charge in [0.1, 0.15) is 5.78 Å². The lowest BCUT2D eigenvalue weighted by Crippen LogP contribution is -2.23. The maximum atomic E-state index is 12.2. The Balaban J connectivity index is 2.15. The molecular formula is C16H20O4. The largest absolute Gasteiger partial charge is 0.490 e. The molecule has 4 heteroatoms. The fourth-order valence-electron chi connectivity index (χ4n) is 1.85. The minimum absolute atomic E-state index is 0.0605. The van der Waals surface area contributed by atoms with Crippen molar-refractivity contribution in [2.75, 3.05) is 13.2 Å². The molecule has 0 atom stereocenters. The van der Waals surface area contributed by atoms with E-state index in [4.69, 9.17) is 9.47 Å². The van der Waals surface area contributed by atoms with Crippen molar-refractivity contribution in [3.05, 3.63) is 23.8 Å². The molecule has 0 bridgehead atoms. The van der Waals surface area contributed by atoms with Crippen LogP contribution in [0.15, 0.2) is 18.2 Å². The van der Waals surface area contributed by atoms with Crippen molar-refractivity contribution < 1.29 is 19.1 Å². The number of rotatable bonds is 3. The molecule has 0 spiro atoms. The molecule has 20 heavy (non-hydrogen) atoms. The summed E-state index contributed by atoms with van der Waals surface area (Å²) < 4.78 is 11.1. The molecule has 0 saturated heterocycles. The monoisotopic (exact) mass is 276 g/mol. The van der Waals surface area contributed by atoms with Crippen LogP contribution in [0.25, 0.3) is 0 Å². The molecule has 0 saturated carbocycles. The van der Waals surface area contributed by atoms with Crippen LogP contribution in [-0.2, 0) is 4.79 Å². The van der Waals surface area contributed by atoms with Gasteiger partial charge < -0.3 is 9.47 Å². The average Bonchev–Trinajstić information content (AvgIpc) is 2.61. The van der Waals surface area contributed by atoms with Crippen molar-refractivity contribution in [1.82, 2.24) is 0 Å². The van der Waals surface area contributed by atoms with E-state index in [0.29, 0.717) is 30.3 Å². The van der Waals surface area contributed by atoms with E-state index in [1.54, 1.807) is 18.2 Å². The van der Waals surface area contributed by atoms with Crippen LogP contribution in [0, 0.1) is 5.41 Å². The maximum absolute atomic E-state index is 12.2. The summed E-state index contributed by atoms with van der Waals surface area (Å²) in [4.78, 5) is 24.1. The molecule has 0 unspecified atom stereocenters. The van der Waals surface area contributed by atoms with Gasteiger partial charge in [-0.3, -0.25) is 9.59 Å². The quantitative estimate of drug-likeness (QED) is 0.629. The van der Waals surface area contributed by atoms with Gasteiger partial charge in [0.25, 0.3) is 0 Å². The van der Waals surface area contributed by atoms with Gasteiger partial charge >= 0.3 is 0 Å². The van der Waals surface area contributed by atoms with Crippen LogP contribution in [0.3, 0.4) is 0 Å². The first-order valence-corrected chi connectivity index (χ1v) is 6.84. The summed E-state index contributed by atoms with van der Waals surface area (Å²) in [7, 11) is 0. The molecular weight excluding hydrogens is 256 g/mol. The van der Waals surface area contributed by atoms with Crippen LogP contribution in [0.4, 0.5) is 0 Å². The number of hydrogen-bond donors (Lipinski definition) is 0. The summed E-state index contributed by atoms with van der Waals surface area (Å²) in [5, 5.41) is 0. The molecule has 0 N–H and O–H groups in total. The molecule has 2 rings (SSSR count). The molecule has 0 aromatic heterocycles. The van der Waals surface area contributed by atoms with E-state index in [-0.39, 0.29) is 18.0 Å². The summed E-state index contributed by atoms with van der Waals surface area (Å²) in [5.41, 5.74) is -0.00660. The normalized spacial score (nSPS) is 14.6. The third-order valence-corrected chi connectivity index (χ3v) is 3.23. The Labute approximate surface area is 119 Å². The van der Waals surface area contributed by atoms with E-state index in [9.17, 15) is 9.59 Å². The van der Waals surface area contributed by atoms with Crippen LogP contribution in [-0.4, -0.2) is 24.8 Å². The van der Waals surface area contributed by atoms with Crippen molar-refractivity contribution >= 4 is 11.6 Å². The van der Waals surface area contributed by atoms with Crippen LogP contribution in [0.1, 0.15) is 44.0 Å². The number of Topliss-reactive ketones (excluding diaryl/α,β-unsaturated/α-hetero) is 2. The van der Waals surface area contributed by atoms with Gasteiger partial charge in [-0.15, -0.1) is 0 Å². The van der Waals surface area contributed by atoms with E-state index in [1.807, 2.05) is 20.8 Å². The van der Waals surface area contributed by atoms with Gasteiger partial charge in [-0.2, -0.15) is 0 Å². The third-order valence-electron chi connectivity index (χ3n) is 3.23. The lowest BCUT2D eigenvalue weighted by Gasteiger charge is -2.16. The Hall–Kier alpha value is -1.84. The zero-order chi connectivity index (χ0) is 14.8. The fourth-order valence-corrected chi connectivity index (χ4v) is 1.85. The number of carbonyl (C=O) groups excluding carboxylic acids is 2. The second-order valence-corrected chi connectivity index (χ2v) is 5.99. The van der Waals surface area contributed by atoms with Crippen molar-refractivity contribution in [3.8, 4) is 11.5 Å². The van der Waals surface area contributed by atoms with Crippen LogP contribution >= 0.6 is 0 Å². The molecule has 1 aliphatic rings. The number of hydrogen-bond acceptors (Lipinski definition) is 4. The Morgan fingerprint density at radius 1 is 1.10 bits per heavy atom. The molecule has 108 valence electrons. The van der Waals surface area contributed by atoms with Gasteiger partial charge in [0, 0.05) is 17.4 Å². The highest BCUT2D eigenvalue weighted by Crippen LogP contribution is 2.31. The van der Waals surface area contributed by atoms with Crippen LogP contribution < -0.4 is 9.47 Å². The Morgan fingerprint density at radius 3 is 2.40 bits per heavy atom. The fraction of sp³-hybridized carbons (Fsp3) is 0.500. The SMILES string of the molecule is CC(C)(C)C(=O)CC(=O)c1ccc2c(c1)OCCCO2. The van der Waals surface area contributed by atoms with E-state index < -0.39 is 5.41 Å². The molecule has 4 nitrogen and oxygen atoms in total. The summed E-state index contributed by atoms with van der Waals surface area (Å²) in [6, 6.07) is 5.08. The summed E-state index contributed by atoms with van der Waals surface area (Å²) in [6.07, 6.45) is 0.740. The molecule has 1 aromatic rings. The minimum atomic E-state index is -0.499. The second-order valence-electron chi connectivity index (χ2n) is 5.99. The lowest BCUT2D eigenvalue weighted by atomic mass is 9.87. The van der Waals surface area contributed by atoms with Crippen molar-refractivity contribution in [2.24, 2.45) is 5.41 Å². The van der Waals surface area contributed by atoms with E-state index in [1.165, 1.54) is 0 Å². The topological polar surface area (TPSA) is 52.6 Å². The predicted octanol–water partition coefficient (Wildman–Crippen LogP) is 3.04. The molecule has 0 radical (unpaired) electrons. The lowest BCUT2D eigenvalue weighted by molar-refractivity contribution is -0.125. The van der Waals surface area contributed by atoms with Gasteiger partial charge in [0.05, 0.1) is 19.6 Å². The van der Waals surface area contributed by atoms with Gasteiger partial charge in [0.15, 0.2) is 17.3 Å². The Bertz CT molecular complexity index is 526. The Kier molecular flexibility index (Phi) is 4.12. The highest BCUT2D eigenvalue weighted by Gasteiger charge is 2.24. The first kappa shape index (κ1) is 14.6. The Morgan fingerprint density at radius 2 is 1.75 bits per heavy atom. The number of fused-ring (bicyclic) bond motifs is 1. The predicted molar refractivity (Wildman–Crippen MR) is 75.5 cm³/mol. The maximum Gasteiger partial charge on any atom is 0.170 e. The highest BCUT2D eigenvalue weighted by atomic mass is 16.5. The zero-order valence-corrected chi connectivity index (χ0v) is 12.2. The van der Waals surface area contributed by atoms with Crippen LogP contribution in [0.2, 0.25) is 0 Å². The molecule has 0 aliphatic carbocycles. The molecule has 0 fully saturated rings. The highest BCUT2D eigenvalue weighted by molar-refractivity contribution is 6.09. The first-order chi connectivity index (χ1) is 9.38. The smallest absolute Gasteiger partial charge is 0.170 e. The summed E-state index contributed by atoms with van der Waals surface area (Å²) in [5.74, 6) is 0.993. The third kappa shape index (κ3) is 3.38. The van der Waals surface area contributed by atoms with E-state index >= 15 is 0 Å². The molecule has 0 amide bonds. The standard InChI is InChI=1S/C16H20O4/c1-16(2,3)15(18)10-12(17)11-5-6-13-14(9-11)20-8-4-7-19-13/h5-6,9H,4,7-8,10H2,1-3H3. The average molecular weight is 276 g/mol. The van der Waals surface area contributed by atoms with Crippen molar-refractivity contribution in [1.29, 1.82) is 0 Å². The molecule has 1 aliphatic heterocycles. The van der Waals surface area contributed by atoms with Crippen LogP contribution in [0.5, 0.6) is 11.5 Å². The molecule has 1 aromatic carbocycles. The summed E-state index contributed by atoms with van der Waals surface area (Å²) >= 11 is 0. The van der Waals surface area contributed by atoms with Crippen molar-refractivity contribution in [2.45, 2.75) is 33.6 Å². The first-order valence-electron chi connectivity index (χ1n) is 6.84. The van der Waals surface area contributed by atoms with Crippen molar-refractivity contribution in [3.63, 3.8) is 0 Å². The van der Waals surface area contributed by atoms with Gasteiger partial charge in [-0.25, -0.2) is 0 Å². The van der Waals surface area contributed by atoms with E-state index in [2.05, 4.69) is 0 Å². The number of benzene rings is 1. The van der Waals surface area contributed by atoms with Gasteiger partial charge in [-0.05, 0) is 18.2 Å². The number of carbonyl (C=O) groups is 2. The molecule has 1 heterocycles. The second kappa shape index (κ2) is 5.65. The van der Waals surface area contributed by atoms with Gasteiger partial charge in [-0.1, -0.05) is 20.8 Å². The van der Waals surface area contributed by atoms with Gasteiger partial charge in [0.2, 0.25) is 0 Å².